The fourth-order valence-electron chi connectivity index (χ4n) is 1.29. The molecule has 0 aliphatic heterocycles. The number of carbonyl (C=O) groups is 1. The average Bonchev–Trinajstić information content (AvgIpc) is 2.15. The lowest BCUT2D eigenvalue weighted by atomic mass is 10.1. The summed E-state index contributed by atoms with van der Waals surface area (Å²) in [4.78, 5) is 11.7. The first kappa shape index (κ1) is 12.5. The fourth-order valence-corrected chi connectivity index (χ4v) is 1.29. The zero-order valence-electron chi connectivity index (χ0n) is 9.86. The largest absolute Gasteiger partial charge is 0.459 e. The number of ether oxygens (including phenoxy) is 1. The maximum atomic E-state index is 11.7. The molecule has 0 saturated carbocycles. The maximum absolute atomic E-state index is 11.7. The third-order valence-corrected chi connectivity index (χ3v) is 1.99. The zero-order chi connectivity index (χ0) is 12.3. The van der Waals surface area contributed by atoms with Crippen LogP contribution in [-0.4, -0.2) is 11.6 Å². The molecule has 1 aromatic rings. The van der Waals surface area contributed by atoms with Crippen molar-refractivity contribution in [3.8, 4) is 0 Å². The number of esters is 1. The molecule has 4 N–H and O–H groups in total. The number of rotatable bonds is 2. The van der Waals surface area contributed by atoms with Crippen molar-refractivity contribution >= 4 is 11.7 Å². The monoisotopic (exact) mass is 222 g/mol. The van der Waals surface area contributed by atoms with Crippen LogP contribution < -0.4 is 11.5 Å². The summed E-state index contributed by atoms with van der Waals surface area (Å²) in [5, 5.41) is 0. The summed E-state index contributed by atoms with van der Waals surface area (Å²) < 4.78 is 5.19. The Morgan fingerprint density at radius 1 is 1.31 bits per heavy atom. The summed E-state index contributed by atoms with van der Waals surface area (Å²) in [5.74, 6) is -0.467. The highest BCUT2D eigenvalue weighted by Gasteiger charge is 2.24. The molecule has 0 radical (unpaired) electrons. The molecule has 0 saturated heterocycles. The Morgan fingerprint density at radius 2 is 1.88 bits per heavy atom. The second-order valence-electron chi connectivity index (χ2n) is 4.64. The van der Waals surface area contributed by atoms with Crippen LogP contribution in [0.5, 0.6) is 0 Å². The van der Waals surface area contributed by atoms with Crippen LogP contribution in [-0.2, 0) is 9.53 Å². The molecule has 0 aliphatic carbocycles. The van der Waals surface area contributed by atoms with Crippen molar-refractivity contribution in [2.24, 2.45) is 5.73 Å². The van der Waals surface area contributed by atoms with Crippen molar-refractivity contribution in [3.05, 3.63) is 29.8 Å². The standard InChI is InChI=1S/C12H18N2O2/c1-12(2,3)16-11(15)10(14)8-6-4-5-7-9(8)13/h4-7,10H,13-14H2,1-3H3. The van der Waals surface area contributed by atoms with Crippen LogP contribution in [0.4, 0.5) is 5.69 Å². The molecule has 1 aromatic carbocycles. The van der Waals surface area contributed by atoms with Gasteiger partial charge in [-0.2, -0.15) is 0 Å². The third-order valence-electron chi connectivity index (χ3n) is 1.99. The molecule has 0 spiro atoms. The van der Waals surface area contributed by atoms with E-state index in [0.717, 1.165) is 0 Å². The molecule has 16 heavy (non-hydrogen) atoms. The molecule has 1 rings (SSSR count). The zero-order valence-corrected chi connectivity index (χ0v) is 9.86. The van der Waals surface area contributed by atoms with Crippen LogP contribution in [0.1, 0.15) is 32.4 Å². The van der Waals surface area contributed by atoms with Crippen LogP contribution in [0, 0.1) is 0 Å². The van der Waals surface area contributed by atoms with Gasteiger partial charge in [0, 0.05) is 11.3 Å². The van der Waals surface area contributed by atoms with Crippen molar-refractivity contribution in [1.82, 2.24) is 0 Å². The number of benzene rings is 1. The Balaban J connectivity index is 2.83. The van der Waals surface area contributed by atoms with E-state index in [0.29, 0.717) is 11.3 Å². The average molecular weight is 222 g/mol. The van der Waals surface area contributed by atoms with Crippen molar-refractivity contribution in [2.75, 3.05) is 5.73 Å². The molecule has 0 fully saturated rings. The number of hydrogen-bond donors (Lipinski definition) is 2. The Morgan fingerprint density at radius 3 is 2.38 bits per heavy atom. The summed E-state index contributed by atoms with van der Waals surface area (Å²) in [6.45, 7) is 5.39. The Labute approximate surface area is 95.6 Å². The molecule has 0 amide bonds. The molecule has 1 atom stereocenters. The highest BCUT2D eigenvalue weighted by atomic mass is 16.6. The molecule has 88 valence electrons. The number of nitrogen functional groups attached to an aromatic ring is 1. The van der Waals surface area contributed by atoms with Gasteiger partial charge in [-0.05, 0) is 26.8 Å². The molecule has 4 heteroatoms. The minimum atomic E-state index is -0.833. The summed E-state index contributed by atoms with van der Waals surface area (Å²) in [5.41, 5.74) is 12.1. The minimum absolute atomic E-state index is 0.467. The van der Waals surface area contributed by atoms with E-state index in [1.165, 1.54) is 0 Å². The molecule has 4 nitrogen and oxygen atoms in total. The topological polar surface area (TPSA) is 78.3 Å². The highest BCUT2D eigenvalue weighted by Crippen LogP contribution is 2.21. The van der Waals surface area contributed by atoms with Crippen molar-refractivity contribution in [1.29, 1.82) is 0 Å². The SMILES string of the molecule is CC(C)(C)OC(=O)C(N)c1ccccc1N. The van der Waals surface area contributed by atoms with E-state index in [9.17, 15) is 4.79 Å². The van der Waals surface area contributed by atoms with Gasteiger partial charge in [0.2, 0.25) is 0 Å². The lowest BCUT2D eigenvalue weighted by Gasteiger charge is -2.22. The second-order valence-corrected chi connectivity index (χ2v) is 4.64. The van der Waals surface area contributed by atoms with Crippen LogP contribution in [0.25, 0.3) is 0 Å². The lowest BCUT2D eigenvalue weighted by Crippen LogP contribution is -2.31. The Hall–Kier alpha value is -1.55. The first-order valence-electron chi connectivity index (χ1n) is 5.14. The van der Waals surface area contributed by atoms with Gasteiger partial charge >= 0.3 is 5.97 Å². The summed E-state index contributed by atoms with van der Waals surface area (Å²) in [7, 11) is 0. The summed E-state index contributed by atoms with van der Waals surface area (Å²) >= 11 is 0. The molecule has 0 aliphatic rings. The lowest BCUT2D eigenvalue weighted by molar-refractivity contribution is -0.156. The number of nitrogens with two attached hydrogens (primary N) is 2. The highest BCUT2D eigenvalue weighted by molar-refractivity contribution is 5.79. The molecule has 0 aromatic heterocycles. The summed E-state index contributed by atoms with van der Waals surface area (Å²) in [6.07, 6.45) is 0. The van der Waals surface area contributed by atoms with Gasteiger partial charge in [0.1, 0.15) is 11.6 Å². The molecule has 1 unspecified atom stereocenters. The number of carbonyl (C=O) groups excluding carboxylic acids is 1. The quantitative estimate of drug-likeness (QED) is 0.588. The van der Waals surface area contributed by atoms with Gasteiger partial charge in [0.25, 0.3) is 0 Å². The molecular weight excluding hydrogens is 204 g/mol. The van der Waals surface area contributed by atoms with Crippen LogP contribution in [0.15, 0.2) is 24.3 Å². The second kappa shape index (κ2) is 4.53. The molecule has 0 bridgehead atoms. The van der Waals surface area contributed by atoms with E-state index < -0.39 is 17.6 Å². The van der Waals surface area contributed by atoms with E-state index in [-0.39, 0.29) is 0 Å². The smallest absolute Gasteiger partial charge is 0.328 e. The Kier molecular flexibility index (Phi) is 3.55. The first-order valence-corrected chi connectivity index (χ1v) is 5.14. The van der Waals surface area contributed by atoms with E-state index in [2.05, 4.69) is 0 Å². The van der Waals surface area contributed by atoms with Gasteiger partial charge in [0.15, 0.2) is 0 Å². The van der Waals surface area contributed by atoms with E-state index >= 15 is 0 Å². The summed E-state index contributed by atoms with van der Waals surface area (Å²) in [6, 6.07) is 6.18. The predicted molar refractivity (Wildman–Crippen MR) is 63.6 cm³/mol. The van der Waals surface area contributed by atoms with Gasteiger partial charge in [0.05, 0.1) is 0 Å². The van der Waals surface area contributed by atoms with E-state index in [1.807, 2.05) is 0 Å². The van der Waals surface area contributed by atoms with Gasteiger partial charge in [-0.25, -0.2) is 4.79 Å². The van der Waals surface area contributed by atoms with Crippen molar-refractivity contribution in [2.45, 2.75) is 32.4 Å². The van der Waals surface area contributed by atoms with Crippen LogP contribution in [0.2, 0.25) is 0 Å². The first-order chi connectivity index (χ1) is 7.31. The van der Waals surface area contributed by atoms with Crippen LogP contribution >= 0.6 is 0 Å². The molecular formula is C12H18N2O2. The Bertz CT molecular complexity index is 383. The fraction of sp³-hybridized carbons (Fsp3) is 0.417. The normalized spacial score (nSPS) is 13.2. The van der Waals surface area contributed by atoms with Crippen molar-refractivity contribution < 1.29 is 9.53 Å². The van der Waals surface area contributed by atoms with Crippen LogP contribution in [0.3, 0.4) is 0 Å². The van der Waals surface area contributed by atoms with Gasteiger partial charge < -0.3 is 16.2 Å². The van der Waals surface area contributed by atoms with Gasteiger partial charge in [-0.3, -0.25) is 0 Å². The van der Waals surface area contributed by atoms with Gasteiger partial charge in [-0.1, -0.05) is 18.2 Å². The number of para-hydroxylation sites is 1. The van der Waals surface area contributed by atoms with E-state index in [4.69, 9.17) is 16.2 Å². The van der Waals surface area contributed by atoms with E-state index in [1.54, 1.807) is 45.0 Å². The number of hydrogen-bond acceptors (Lipinski definition) is 4. The van der Waals surface area contributed by atoms with Crippen molar-refractivity contribution in [3.63, 3.8) is 0 Å². The minimum Gasteiger partial charge on any atom is -0.459 e. The van der Waals surface area contributed by atoms with Gasteiger partial charge in [-0.15, -0.1) is 0 Å². The molecule has 0 heterocycles. The predicted octanol–water partition coefficient (Wildman–Crippen LogP) is 1.61. The number of anilines is 1. The maximum Gasteiger partial charge on any atom is 0.328 e. The third kappa shape index (κ3) is 3.24.